The van der Waals surface area contributed by atoms with Crippen LogP contribution in [0, 0.1) is 0 Å². The lowest BCUT2D eigenvalue weighted by Gasteiger charge is -2.07. The van der Waals surface area contributed by atoms with E-state index in [1.807, 2.05) is 0 Å². The number of halogens is 3. The van der Waals surface area contributed by atoms with Crippen LogP contribution in [0.1, 0.15) is 6.42 Å². The topological polar surface area (TPSA) is 50.7 Å². The van der Waals surface area contributed by atoms with Crippen LogP contribution < -0.4 is 5.32 Å². The van der Waals surface area contributed by atoms with E-state index in [9.17, 15) is 18.0 Å². The van der Waals surface area contributed by atoms with Crippen LogP contribution >= 0.6 is 0 Å². The average molecular weight is 210 g/mol. The van der Waals surface area contributed by atoms with Crippen LogP contribution in [0.4, 0.5) is 13.2 Å². The first-order valence-corrected chi connectivity index (χ1v) is 3.95. The zero-order valence-corrected chi connectivity index (χ0v) is 7.23. The van der Waals surface area contributed by atoms with Gasteiger partial charge in [0, 0.05) is 6.42 Å². The van der Waals surface area contributed by atoms with Crippen LogP contribution in [0.3, 0.4) is 0 Å². The highest BCUT2D eigenvalue weighted by Crippen LogP contribution is 2.14. The van der Waals surface area contributed by atoms with Crippen molar-refractivity contribution in [1.82, 2.24) is 5.32 Å². The van der Waals surface area contributed by atoms with Crippen molar-refractivity contribution in [3.05, 3.63) is 0 Å². The van der Waals surface area contributed by atoms with Gasteiger partial charge >= 0.3 is 6.18 Å². The van der Waals surface area contributed by atoms with Crippen LogP contribution in [-0.2, 0) is 9.53 Å². The first-order chi connectivity index (χ1) is 6.47. The van der Waals surface area contributed by atoms with Crippen LogP contribution in [0.25, 0.3) is 0 Å². The van der Waals surface area contributed by atoms with Gasteiger partial charge in [0.1, 0.15) is 19.0 Å². The van der Waals surface area contributed by atoms with Crippen LogP contribution in [0.2, 0.25) is 0 Å². The van der Waals surface area contributed by atoms with Gasteiger partial charge in [-0.3, -0.25) is 9.79 Å². The molecule has 1 amide bonds. The SMILES string of the molecule is O=C1CN=C(CCOCC(F)(F)F)N1. The molecule has 0 spiro atoms. The van der Waals surface area contributed by atoms with Gasteiger partial charge in [-0.15, -0.1) is 0 Å². The molecule has 1 aliphatic heterocycles. The van der Waals surface area contributed by atoms with Gasteiger partial charge in [-0.2, -0.15) is 13.2 Å². The number of rotatable bonds is 4. The van der Waals surface area contributed by atoms with Crippen molar-refractivity contribution in [2.75, 3.05) is 19.8 Å². The average Bonchev–Trinajstić information content (AvgIpc) is 2.44. The minimum Gasteiger partial charge on any atom is -0.372 e. The van der Waals surface area contributed by atoms with E-state index in [0.29, 0.717) is 5.84 Å². The van der Waals surface area contributed by atoms with Crippen LogP contribution in [0.5, 0.6) is 0 Å². The second-order valence-corrected chi connectivity index (χ2v) is 2.73. The molecule has 7 heteroatoms. The molecule has 0 radical (unpaired) electrons. The number of nitrogens with one attached hydrogen (secondary N) is 1. The lowest BCUT2D eigenvalue weighted by atomic mass is 10.4. The largest absolute Gasteiger partial charge is 0.411 e. The molecular formula is C7H9F3N2O2. The monoisotopic (exact) mass is 210 g/mol. The Hall–Kier alpha value is -1.11. The van der Waals surface area contributed by atoms with E-state index < -0.39 is 12.8 Å². The van der Waals surface area contributed by atoms with Gasteiger partial charge in [-0.1, -0.05) is 0 Å². The van der Waals surface area contributed by atoms with Crippen molar-refractivity contribution in [3.8, 4) is 0 Å². The van der Waals surface area contributed by atoms with Crippen molar-refractivity contribution < 1.29 is 22.7 Å². The number of alkyl halides is 3. The van der Waals surface area contributed by atoms with E-state index in [1.54, 1.807) is 0 Å². The predicted octanol–water partition coefficient (Wildman–Crippen LogP) is 0.484. The third-order valence-corrected chi connectivity index (χ3v) is 1.45. The molecule has 80 valence electrons. The van der Waals surface area contributed by atoms with Crippen LogP contribution in [0.15, 0.2) is 4.99 Å². The number of hydrogen-bond donors (Lipinski definition) is 1. The zero-order valence-electron chi connectivity index (χ0n) is 7.23. The van der Waals surface area contributed by atoms with Gasteiger partial charge in [0.25, 0.3) is 0 Å². The van der Waals surface area contributed by atoms with Gasteiger partial charge in [0.05, 0.1) is 6.61 Å². The number of nitrogens with zero attached hydrogens (tertiary/aromatic N) is 1. The normalized spacial score (nSPS) is 16.8. The van der Waals surface area contributed by atoms with Gasteiger partial charge < -0.3 is 10.1 Å². The number of ether oxygens (including phenoxy) is 1. The third-order valence-electron chi connectivity index (χ3n) is 1.45. The molecule has 0 aromatic heterocycles. The van der Waals surface area contributed by atoms with E-state index in [1.165, 1.54) is 0 Å². The quantitative estimate of drug-likeness (QED) is 0.686. The minimum atomic E-state index is -4.30. The van der Waals surface area contributed by atoms with Gasteiger partial charge in [-0.05, 0) is 0 Å². The molecule has 0 unspecified atom stereocenters. The molecule has 0 aromatic carbocycles. The van der Waals surface area contributed by atoms with Gasteiger partial charge in [-0.25, -0.2) is 0 Å². The Morgan fingerprint density at radius 2 is 2.21 bits per heavy atom. The Kier molecular flexibility index (Phi) is 3.45. The summed E-state index contributed by atoms with van der Waals surface area (Å²) < 4.78 is 39.1. The summed E-state index contributed by atoms with van der Waals surface area (Å²) in [5.41, 5.74) is 0. The summed E-state index contributed by atoms with van der Waals surface area (Å²) >= 11 is 0. The lowest BCUT2D eigenvalue weighted by molar-refractivity contribution is -0.173. The Bertz CT molecular complexity index is 250. The number of carbonyl (C=O) groups excluding carboxylic acids is 1. The van der Waals surface area contributed by atoms with Gasteiger partial charge in [0.15, 0.2) is 0 Å². The Balaban J connectivity index is 2.08. The second kappa shape index (κ2) is 4.41. The number of amidine groups is 1. The van der Waals surface area contributed by atoms with E-state index in [-0.39, 0.29) is 25.5 Å². The van der Waals surface area contributed by atoms with Crippen molar-refractivity contribution >= 4 is 11.7 Å². The molecule has 4 nitrogen and oxygen atoms in total. The number of aliphatic imine (C=N–C) groups is 1. The molecule has 1 aliphatic rings. The minimum absolute atomic E-state index is 0.0502. The van der Waals surface area contributed by atoms with Crippen molar-refractivity contribution in [1.29, 1.82) is 0 Å². The molecule has 0 bridgehead atoms. The van der Waals surface area contributed by atoms with Crippen molar-refractivity contribution in [3.63, 3.8) is 0 Å². The molecule has 0 aliphatic carbocycles. The maximum Gasteiger partial charge on any atom is 0.411 e. The summed E-state index contributed by atoms with van der Waals surface area (Å²) in [5.74, 6) is 0.146. The van der Waals surface area contributed by atoms with E-state index in [4.69, 9.17) is 0 Å². The predicted molar refractivity (Wildman–Crippen MR) is 41.9 cm³/mol. The van der Waals surface area contributed by atoms with Crippen molar-refractivity contribution in [2.45, 2.75) is 12.6 Å². The summed E-state index contributed by atoms with van der Waals surface area (Å²) in [6, 6.07) is 0. The molecule has 0 fully saturated rings. The molecule has 1 N–H and O–H groups in total. The van der Waals surface area contributed by atoms with Gasteiger partial charge in [0.2, 0.25) is 5.91 Å². The molecule has 0 saturated carbocycles. The smallest absolute Gasteiger partial charge is 0.372 e. The highest BCUT2D eigenvalue weighted by molar-refractivity contribution is 6.03. The Morgan fingerprint density at radius 1 is 1.50 bits per heavy atom. The van der Waals surface area contributed by atoms with E-state index in [0.717, 1.165) is 0 Å². The standard InChI is InChI=1S/C7H9F3N2O2/c8-7(9,10)4-14-2-1-5-11-3-6(13)12-5/h1-4H2,(H,11,12,13). The zero-order chi connectivity index (χ0) is 10.6. The highest BCUT2D eigenvalue weighted by atomic mass is 19.4. The maximum atomic E-state index is 11.6. The molecule has 1 rings (SSSR count). The first kappa shape index (κ1) is 11.0. The molecule has 0 aromatic rings. The maximum absolute atomic E-state index is 11.6. The fourth-order valence-electron chi connectivity index (χ4n) is 0.906. The number of amides is 1. The van der Waals surface area contributed by atoms with Crippen LogP contribution in [-0.4, -0.2) is 37.7 Å². The molecule has 0 saturated heterocycles. The fraction of sp³-hybridized carbons (Fsp3) is 0.714. The molecular weight excluding hydrogens is 201 g/mol. The summed E-state index contributed by atoms with van der Waals surface area (Å²) in [6.07, 6.45) is -4.11. The summed E-state index contributed by atoms with van der Waals surface area (Å²) in [4.78, 5) is 14.3. The number of carbonyl (C=O) groups is 1. The number of hydrogen-bond acceptors (Lipinski definition) is 3. The Labute approximate surface area is 78.1 Å². The molecule has 0 atom stereocenters. The molecule has 14 heavy (non-hydrogen) atoms. The molecule has 1 heterocycles. The van der Waals surface area contributed by atoms with E-state index >= 15 is 0 Å². The third kappa shape index (κ3) is 4.22. The summed E-state index contributed by atoms with van der Waals surface area (Å²) in [7, 11) is 0. The van der Waals surface area contributed by atoms with E-state index in [2.05, 4.69) is 15.0 Å². The first-order valence-electron chi connectivity index (χ1n) is 3.95. The second-order valence-electron chi connectivity index (χ2n) is 2.73. The Morgan fingerprint density at radius 3 is 2.71 bits per heavy atom. The lowest BCUT2D eigenvalue weighted by Crippen LogP contribution is -2.26. The summed E-state index contributed by atoms with van der Waals surface area (Å²) in [6.45, 7) is -1.32. The summed E-state index contributed by atoms with van der Waals surface area (Å²) in [5, 5.41) is 2.40. The van der Waals surface area contributed by atoms with Crippen molar-refractivity contribution in [2.24, 2.45) is 4.99 Å². The fourth-order valence-corrected chi connectivity index (χ4v) is 0.906. The highest BCUT2D eigenvalue weighted by Gasteiger charge is 2.27.